The van der Waals surface area contributed by atoms with Crippen LogP contribution in [-0.2, 0) is 17.8 Å². The third kappa shape index (κ3) is 4.32. The van der Waals surface area contributed by atoms with Crippen molar-refractivity contribution in [2.24, 2.45) is 0 Å². The van der Waals surface area contributed by atoms with E-state index in [4.69, 9.17) is 0 Å². The number of hydrogen-bond donors (Lipinski definition) is 1. The highest BCUT2D eigenvalue weighted by molar-refractivity contribution is 5.96. The van der Waals surface area contributed by atoms with E-state index in [1.807, 2.05) is 32.3 Å². The van der Waals surface area contributed by atoms with Gasteiger partial charge in [-0.3, -0.25) is 14.3 Å². The molecule has 0 saturated heterocycles. The van der Waals surface area contributed by atoms with E-state index in [0.29, 0.717) is 30.6 Å². The number of aromatic nitrogens is 5. The zero-order valence-corrected chi connectivity index (χ0v) is 15.5. The zero-order chi connectivity index (χ0) is 18.6. The van der Waals surface area contributed by atoms with Gasteiger partial charge in [-0.15, -0.1) is 10.2 Å². The summed E-state index contributed by atoms with van der Waals surface area (Å²) in [6, 6.07) is -0.119. The Kier molecular flexibility index (Phi) is 6.06. The minimum absolute atomic E-state index is 0.00191. The number of carbonyl (C=O) groups excluding carboxylic acids is 2. The summed E-state index contributed by atoms with van der Waals surface area (Å²) in [6.45, 7) is 10.5. The first kappa shape index (κ1) is 18.8. The number of carbonyl (C=O) groups is 2. The molecule has 0 bridgehead atoms. The van der Waals surface area contributed by atoms with Crippen LogP contribution in [0.15, 0.2) is 6.33 Å². The smallest absolute Gasteiger partial charge is 0.222 e. The van der Waals surface area contributed by atoms with Crippen molar-refractivity contribution in [1.82, 2.24) is 29.9 Å². The van der Waals surface area contributed by atoms with Crippen LogP contribution in [0.25, 0.3) is 0 Å². The van der Waals surface area contributed by atoms with Crippen molar-refractivity contribution >= 4 is 11.7 Å². The third-order valence-corrected chi connectivity index (χ3v) is 4.28. The number of rotatable bonds is 8. The van der Waals surface area contributed by atoms with Gasteiger partial charge in [-0.2, -0.15) is 5.10 Å². The lowest BCUT2D eigenvalue weighted by Gasteiger charge is -2.14. The van der Waals surface area contributed by atoms with Crippen LogP contribution in [0, 0.1) is 13.8 Å². The Morgan fingerprint density at radius 3 is 2.64 bits per heavy atom. The van der Waals surface area contributed by atoms with Gasteiger partial charge in [0.25, 0.3) is 0 Å². The number of aryl methyl sites for hydroxylation is 2. The first-order chi connectivity index (χ1) is 11.8. The van der Waals surface area contributed by atoms with E-state index in [9.17, 15) is 9.59 Å². The van der Waals surface area contributed by atoms with Crippen LogP contribution < -0.4 is 5.32 Å². The second-order valence-corrected chi connectivity index (χ2v) is 6.23. The summed E-state index contributed by atoms with van der Waals surface area (Å²) in [5, 5.41) is 15.3. The Labute approximate surface area is 147 Å². The fourth-order valence-electron chi connectivity index (χ4n) is 3.08. The van der Waals surface area contributed by atoms with Gasteiger partial charge in [0.05, 0.1) is 17.3 Å². The summed E-state index contributed by atoms with van der Waals surface area (Å²) in [7, 11) is 0. The molecule has 1 N–H and O–H groups in total. The fraction of sp³-hybridized carbons (Fsp3) is 0.588. The molecule has 0 saturated carbocycles. The average Bonchev–Trinajstić information content (AvgIpc) is 3.10. The Morgan fingerprint density at radius 2 is 2.04 bits per heavy atom. The molecule has 0 fully saturated rings. The number of hydrogen-bond acceptors (Lipinski definition) is 5. The Bertz CT molecular complexity index is 761. The summed E-state index contributed by atoms with van der Waals surface area (Å²) in [4.78, 5) is 23.9. The van der Waals surface area contributed by atoms with Crippen molar-refractivity contribution in [3.8, 4) is 0 Å². The van der Waals surface area contributed by atoms with Crippen LogP contribution >= 0.6 is 0 Å². The molecule has 8 nitrogen and oxygen atoms in total. The maximum absolute atomic E-state index is 12.2. The van der Waals surface area contributed by atoms with Gasteiger partial charge < -0.3 is 9.88 Å². The highest BCUT2D eigenvalue weighted by atomic mass is 16.1. The van der Waals surface area contributed by atoms with Crippen molar-refractivity contribution < 1.29 is 9.59 Å². The Morgan fingerprint density at radius 1 is 1.32 bits per heavy atom. The van der Waals surface area contributed by atoms with Crippen molar-refractivity contribution in [1.29, 1.82) is 0 Å². The molecule has 0 aliphatic rings. The van der Waals surface area contributed by atoms with E-state index in [0.717, 1.165) is 18.1 Å². The number of ketones is 1. The molecule has 25 heavy (non-hydrogen) atoms. The predicted molar refractivity (Wildman–Crippen MR) is 93.4 cm³/mol. The van der Waals surface area contributed by atoms with Crippen LogP contribution in [0.4, 0.5) is 0 Å². The second-order valence-electron chi connectivity index (χ2n) is 6.23. The highest BCUT2D eigenvalue weighted by Gasteiger charge is 2.20. The minimum Gasteiger partial charge on any atom is -0.356 e. The van der Waals surface area contributed by atoms with Gasteiger partial charge in [0.15, 0.2) is 5.78 Å². The van der Waals surface area contributed by atoms with Crippen molar-refractivity contribution in [3.05, 3.63) is 29.1 Å². The molecule has 0 spiro atoms. The maximum Gasteiger partial charge on any atom is 0.222 e. The van der Waals surface area contributed by atoms with E-state index in [1.165, 1.54) is 6.92 Å². The minimum atomic E-state index is -0.119. The van der Waals surface area contributed by atoms with Crippen molar-refractivity contribution in [2.45, 2.75) is 60.0 Å². The average molecular weight is 346 g/mol. The van der Waals surface area contributed by atoms with Crippen LogP contribution in [-0.4, -0.2) is 42.8 Å². The van der Waals surface area contributed by atoms with Gasteiger partial charge in [0.2, 0.25) is 5.91 Å². The summed E-state index contributed by atoms with van der Waals surface area (Å²) in [5.41, 5.74) is 2.16. The van der Waals surface area contributed by atoms with E-state index in [1.54, 1.807) is 11.0 Å². The van der Waals surface area contributed by atoms with Gasteiger partial charge in [-0.1, -0.05) is 0 Å². The summed E-state index contributed by atoms with van der Waals surface area (Å²) < 4.78 is 3.72. The van der Waals surface area contributed by atoms with Crippen LogP contribution in [0.5, 0.6) is 0 Å². The largest absolute Gasteiger partial charge is 0.356 e. The molecule has 0 aromatic carbocycles. The number of nitrogens with zero attached hydrogens (tertiary/aromatic N) is 5. The lowest BCUT2D eigenvalue weighted by Crippen LogP contribution is -2.28. The molecule has 136 valence electrons. The zero-order valence-electron chi connectivity index (χ0n) is 15.5. The monoisotopic (exact) mass is 346 g/mol. The van der Waals surface area contributed by atoms with Crippen molar-refractivity contribution in [3.63, 3.8) is 0 Å². The molecule has 2 heterocycles. The highest BCUT2D eigenvalue weighted by Crippen LogP contribution is 2.19. The SMILES string of the molecule is CCn1cnnc1CCNC(=O)C[C@H](C)n1nc(C)c(C(C)=O)c1C. The van der Waals surface area contributed by atoms with Gasteiger partial charge in [-0.05, 0) is 34.6 Å². The third-order valence-electron chi connectivity index (χ3n) is 4.28. The van der Waals surface area contributed by atoms with E-state index in [-0.39, 0.29) is 17.7 Å². The van der Waals surface area contributed by atoms with Crippen LogP contribution in [0.2, 0.25) is 0 Å². The molecule has 0 unspecified atom stereocenters. The lowest BCUT2D eigenvalue weighted by molar-refractivity contribution is -0.121. The lowest BCUT2D eigenvalue weighted by atomic mass is 10.1. The number of nitrogens with one attached hydrogen (secondary N) is 1. The molecule has 2 aromatic heterocycles. The summed E-state index contributed by atoms with van der Waals surface area (Å²) in [5.74, 6) is 0.811. The van der Waals surface area contributed by atoms with Crippen molar-refractivity contribution in [2.75, 3.05) is 6.54 Å². The van der Waals surface area contributed by atoms with E-state index < -0.39 is 0 Å². The molecule has 2 aromatic rings. The van der Waals surface area contributed by atoms with Crippen LogP contribution in [0.1, 0.15) is 60.8 Å². The molecule has 0 aliphatic heterocycles. The van der Waals surface area contributed by atoms with E-state index >= 15 is 0 Å². The normalized spacial score (nSPS) is 12.2. The molecule has 2 rings (SSSR count). The molecule has 8 heteroatoms. The molecular formula is C17H26N6O2. The van der Waals surface area contributed by atoms with Gasteiger partial charge >= 0.3 is 0 Å². The number of Topliss-reactive ketones (excluding diaryl/α,β-unsaturated/α-hetero) is 1. The molecule has 1 amide bonds. The first-order valence-electron chi connectivity index (χ1n) is 8.55. The topological polar surface area (TPSA) is 94.7 Å². The summed E-state index contributed by atoms with van der Waals surface area (Å²) >= 11 is 0. The van der Waals surface area contributed by atoms with Gasteiger partial charge in [0, 0.05) is 31.6 Å². The molecule has 1 atom stereocenters. The molecule has 0 radical (unpaired) electrons. The molecular weight excluding hydrogens is 320 g/mol. The molecule has 0 aliphatic carbocycles. The standard InChI is InChI=1S/C17H26N6O2/c1-6-22-10-19-20-15(22)7-8-18-16(25)9-11(2)23-13(4)17(14(5)24)12(3)21-23/h10-11H,6-9H2,1-5H3,(H,18,25)/t11-/m0/s1. The van der Waals surface area contributed by atoms with Gasteiger partial charge in [-0.25, -0.2) is 0 Å². The Hall–Kier alpha value is -2.51. The van der Waals surface area contributed by atoms with E-state index in [2.05, 4.69) is 20.6 Å². The Balaban J connectivity index is 1.90. The van der Waals surface area contributed by atoms with Crippen LogP contribution in [0.3, 0.4) is 0 Å². The quantitative estimate of drug-likeness (QED) is 0.733. The fourth-order valence-corrected chi connectivity index (χ4v) is 3.08. The maximum atomic E-state index is 12.2. The summed E-state index contributed by atoms with van der Waals surface area (Å²) in [6.07, 6.45) is 2.64. The van der Waals surface area contributed by atoms with Gasteiger partial charge in [0.1, 0.15) is 12.2 Å². The first-order valence-corrected chi connectivity index (χ1v) is 8.55. The predicted octanol–water partition coefficient (Wildman–Crippen LogP) is 1.62. The second kappa shape index (κ2) is 8.04. The number of amides is 1.